The first-order chi connectivity index (χ1) is 18.4. The number of esters is 1. The second kappa shape index (κ2) is 12.6. The van der Waals surface area contributed by atoms with Crippen molar-refractivity contribution in [1.29, 1.82) is 0 Å². The molecule has 0 saturated heterocycles. The van der Waals surface area contributed by atoms with Crippen LogP contribution < -0.4 is 5.32 Å². The van der Waals surface area contributed by atoms with E-state index in [2.05, 4.69) is 10.5 Å². The number of nitrogens with one attached hydrogen (secondary N) is 1. The fourth-order valence-electron chi connectivity index (χ4n) is 3.88. The average Bonchev–Trinajstić information content (AvgIpc) is 3.26. The van der Waals surface area contributed by atoms with Crippen LogP contribution in [0.25, 0.3) is 22.5 Å². The van der Waals surface area contributed by atoms with Crippen molar-refractivity contribution >= 4 is 41.0 Å². The lowest BCUT2D eigenvalue weighted by molar-refractivity contribution is -0.142. The SMILES string of the molecule is CCOC(=O)Cc1ccc(-c2ccc(-c3onc(C)c3NC(=O)OCCc3c(Cl)cccc3Cl)cc2)cc1. The summed E-state index contributed by atoms with van der Waals surface area (Å²) in [6.45, 7) is 3.99. The molecule has 3 aromatic carbocycles. The van der Waals surface area contributed by atoms with Crippen molar-refractivity contribution in [1.82, 2.24) is 5.16 Å². The summed E-state index contributed by atoms with van der Waals surface area (Å²) in [6.07, 6.45) is -0.0171. The maximum absolute atomic E-state index is 12.5. The predicted octanol–water partition coefficient (Wildman–Crippen LogP) is 7.52. The highest BCUT2D eigenvalue weighted by Gasteiger charge is 2.18. The van der Waals surface area contributed by atoms with Gasteiger partial charge in [-0.2, -0.15) is 0 Å². The van der Waals surface area contributed by atoms with Gasteiger partial charge in [-0.3, -0.25) is 10.1 Å². The lowest BCUT2D eigenvalue weighted by Gasteiger charge is -2.10. The van der Waals surface area contributed by atoms with E-state index < -0.39 is 6.09 Å². The Balaban J connectivity index is 1.39. The number of aryl methyl sites for hydroxylation is 1. The van der Waals surface area contributed by atoms with Gasteiger partial charge in [-0.15, -0.1) is 0 Å². The number of benzene rings is 3. The van der Waals surface area contributed by atoms with Gasteiger partial charge in [0.15, 0.2) is 5.76 Å². The van der Waals surface area contributed by atoms with Crippen LogP contribution in [0.4, 0.5) is 10.5 Å². The molecule has 0 saturated carbocycles. The summed E-state index contributed by atoms with van der Waals surface area (Å²) in [7, 11) is 0. The normalized spacial score (nSPS) is 10.7. The minimum atomic E-state index is -0.639. The zero-order valence-corrected chi connectivity index (χ0v) is 22.4. The van der Waals surface area contributed by atoms with E-state index in [0.717, 1.165) is 27.8 Å². The molecule has 1 amide bonds. The fourth-order valence-corrected chi connectivity index (χ4v) is 4.46. The van der Waals surface area contributed by atoms with Crippen LogP contribution in [0.2, 0.25) is 10.0 Å². The first kappa shape index (κ1) is 27.2. The Morgan fingerprint density at radius 1 is 0.895 bits per heavy atom. The zero-order valence-electron chi connectivity index (χ0n) is 20.9. The molecule has 4 aromatic rings. The summed E-state index contributed by atoms with van der Waals surface area (Å²) < 4.78 is 15.8. The number of hydrogen-bond acceptors (Lipinski definition) is 6. The number of amides is 1. The van der Waals surface area contributed by atoms with Crippen molar-refractivity contribution < 1.29 is 23.6 Å². The molecule has 0 fully saturated rings. The number of aromatic nitrogens is 1. The highest BCUT2D eigenvalue weighted by molar-refractivity contribution is 6.36. The van der Waals surface area contributed by atoms with Gasteiger partial charge in [-0.05, 0) is 48.2 Å². The van der Waals surface area contributed by atoms with Crippen LogP contribution in [-0.2, 0) is 27.1 Å². The Hall–Kier alpha value is -3.81. The van der Waals surface area contributed by atoms with Gasteiger partial charge in [0.1, 0.15) is 11.4 Å². The summed E-state index contributed by atoms with van der Waals surface area (Å²) in [4.78, 5) is 24.2. The predicted molar refractivity (Wildman–Crippen MR) is 148 cm³/mol. The average molecular weight is 553 g/mol. The Labute approximate surface area is 230 Å². The van der Waals surface area contributed by atoms with Crippen LogP contribution in [-0.4, -0.2) is 30.4 Å². The highest BCUT2D eigenvalue weighted by Crippen LogP contribution is 2.33. The largest absolute Gasteiger partial charge is 0.466 e. The number of ether oxygens (including phenoxy) is 2. The monoisotopic (exact) mass is 552 g/mol. The lowest BCUT2D eigenvalue weighted by Crippen LogP contribution is -2.16. The molecule has 0 aliphatic rings. The van der Waals surface area contributed by atoms with Gasteiger partial charge in [0, 0.05) is 22.0 Å². The van der Waals surface area contributed by atoms with Gasteiger partial charge in [-0.25, -0.2) is 4.79 Å². The third kappa shape index (κ3) is 6.73. The second-order valence-electron chi connectivity index (χ2n) is 8.44. The van der Waals surface area contributed by atoms with E-state index in [4.69, 9.17) is 37.2 Å². The van der Waals surface area contributed by atoms with E-state index in [1.54, 1.807) is 32.0 Å². The molecule has 7 nitrogen and oxygen atoms in total. The van der Waals surface area contributed by atoms with Crippen molar-refractivity contribution in [3.05, 3.63) is 93.6 Å². The van der Waals surface area contributed by atoms with Gasteiger partial charge >= 0.3 is 12.1 Å². The minimum absolute atomic E-state index is 0.0994. The standard InChI is InChI=1S/C29H26Cl2N2O5/c1-3-36-26(34)17-19-7-9-20(10-8-19)21-11-13-22(14-12-21)28-27(18(2)33-38-28)32-29(35)37-16-15-23-24(30)5-4-6-25(23)31/h4-14H,3,15-17H2,1-2H3,(H,32,35). The number of hydrogen-bond donors (Lipinski definition) is 1. The molecule has 0 bridgehead atoms. The van der Waals surface area contributed by atoms with Crippen LogP contribution in [0.15, 0.2) is 71.3 Å². The number of anilines is 1. The van der Waals surface area contributed by atoms with Crippen molar-refractivity contribution in [2.24, 2.45) is 0 Å². The van der Waals surface area contributed by atoms with Crippen LogP contribution in [0.1, 0.15) is 23.7 Å². The molecule has 1 heterocycles. The molecule has 0 unspecified atom stereocenters. The maximum atomic E-state index is 12.5. The molecule has 1 N–H and O–H groups in total. The third-order valence-corrected chi connectivity index (χ3v) is 6.53. The number of halogens is 2. The van der Waals surface area contributed by atoms with E-state index in [1.165, 1.54) is 0 Å². The number of carbonyl (C=O) groups is 2. The summed E-state index contributed by atoms with van der Waals surface area (Å²) >= 11 is 12.4. The molecular formula is C29H26Cl2N2O5. The minimum Gasteiger partial charge on any atom is -0.466 e. The Morgan fingerprint density at radius 3 is 2.13 bits per heavy atom. The van der Waals surface area contributed by atoms with Crippen LogP contribution in [0.5, 0.6) is 0 Å². The van der Waals surface area contributed by atoms with Crippen LogP contribution in [0.3, 0.4) is 0 Å². The molecule has 4 rings (SSSR count). The molecule has 0 atom stereocenters. The van der Waals surface area contributed by atoms with Gasteiger partial charge < -0.3 is 14.0 Å². The van der Waals surface area contributed by atoms with E-state index >= 15 is 0 Å². The number of carbonyl (C=O) groups excluding carboxylic acids is 2. The molecule has 0 aliphatic heterocycles. The molecule has 0 aliphatic carbocycles. The van der Waals surface area contributed by atoms with Crippen molar-refractivity contribution in [3.8, 4) is 22.5 Å². The maximum Gasteiger partial charge on any atom is 0.411 e. The summed E-state index contributed by atoms with van der Waals surface area (Å²) in [5.74, 6) is 0.176. The molecule has 0 radical (unpaired) electrons. The molecular weight excluding hydrogens is 527 g/mol. The number of rotatable bonds is 9. The molecule has 196 valence electrons. The van der Waals surface area contributed by atoms with Crippen LogP contribution >= 0.6 is 23.2 Å². The summed E-state index contributed by atoms with van der Waals surface area (Å²) in [5.41, 5.74) is 5.29. The topological polar surface area (TPSA) is 90.7 Å². The highest BCUT2D eigenvalue weighted by atomic mass is 35.5. The van der Waals surface area contributed by atoms with E-state index in [9.17, 15) is 9.59 Å². The third-order valence-electron chi connectivity index (χ3n) is 5.82. The van der Waals surface area contributed by atoms with Crippen molar-refractivity contribution in [3.63, 3.8) is 0 Å². The van der Waals surface area contributed by atoms with E-state index in [-0.39, 0.29) is 19.0 Å². The Morgan fingerprint density at radius 2 is 1.50 bits per heavy atom. The van der Waals surface area contributed by atoms with Crippen molar-refractivity contribution in [2.75, 3.05) is 18.5 Å². The van der Waals surface area contributed by atoms with E-state index in [1.807, 2.05) is 48.5 Å². The van der Waals surface area contributed by atoms with Gasteiger partial charge in [0.25, 0.3) is 0 Å². The van der Waals surface area contributed by atoms with Gasteiger partial charge in [0.05, 0.1) is 19.6 Å². The molecule has 1 aromatic heterocycles. The van der Waals surface area contributed by atoms with Gasteiger partial charge in [-0.1, -0.05) is 83.0 Å². The Bertz CT molecular complexity index is 1400. The molecule has 0 spiro atoms. The molecule has 38 heavy (non-hydrogen) atoms. The van der Waals surface area contributed by atoms with Crippen molar-refractivity contribution in [2.45, 2.75) is 26.7 Å². The van der Waals surface area contributed by atoms with E-state index in [0.29, 0.717) is 40.2 Å². The number of nitrogens with zero attached hydrogens (tertiary/aromatic N) is 1. The smallest absolute Gasteiger partial charge is 0.411 e. The summed E-state index contributed by atoms with van der Waals surface area (Å²) in [6, 6.07) is 20.6. The summed E-state index contributed by atoms with van der Waals surface area (Å²) in [5, 5.41) is 7.78. The van der Waals surface area contributed by atoms with Gasteiger partial charge in [0.2, 0.25) is 0 Å². The first-order valence-corrected chi connectivity index (χ1v) is 12.8. The quantitative estimate of drug-likeness (QED) is 0.216. The van der Waals surface area contributed by atoms with Crippen LogP contribution in [0, 0.1) is 6.92 Å². The first-order valence-electron chi connectivity index (χ1n) is 12.0. The second-order valence-corrected chi connectivity index (χ2v) is 9.25. The lowest BCUT2D eigenvalue weighted by atomic mass is 10.0. The zero-order chi connectivity index (χ0) is 27.1. The molecule has 9 heteroatoms. The fraction of sp³-hybridized carbons (Fsp3) is 0.207. The Kier molecular flexibility index (Phi) is 9.05.